The maximum absolute atomic E-state index is 6.22. The number of halogens is 1. The molecule has 0 unspecified atom stereocenters. The molecule has 1 N–H and O–H groups in total. The lowest BCUT2D eigenvalue weighted by Gasteiger charge is -2.22. The summed E-state index contributed by atoms with van der Waals surface area (Å²) < 4.78 is 0. The second-order valence-corrected chi connectivity index (χ2v) is 5.43. The first-order chi connectivity index (χ1) is 9.24. The average molecular weight is 297 g/mol. The highest BCUT2D eigenvalue weighted by atomic mass is 35.5. The van der Waals surface area contributed by atoms with Gasteiger partial charge in [0, 0.05) is 18.0 Å². The monoisotopic (exact) mass is 296 g/mol. The second-order valence-electron chi connectivity index (χ2n) is 3.99. The third-order valence-corrected chi connectivity index (χ3v) is 3.80. The van der Waals surface area contributed by atoms with Crippen LogP contribution in [0.4, 0.5) is 11.8 Å². The van der Waals surface area contributed by atoms with E-state index in [4.69, 9.17) is 11.6 Å². The van der Waals surface area contributed by atoms with E-state index < -0.39 is 0 Å². The Labute approximate surface area is 122 Å². The first-order valence-electron chi connectivity index (χ1n) is 6.28. The molecule has 0 saturated heterocycles. The van der Waals surface area contributed by atoms with Gasteiger partial charge in [0.05, 0.1) is 12.7 Å². The first kappa shape index (κ1) is 14.1. The molecule has 0 aliphatic heterocycles. The van der Waals surface area contributed by atoms with Crippen molar-refractivity contribution < 1.29 is 0 Å². The van der Waals surface area contributed by atoms with Gasteiger partial charge in [0.1, 0.15) is 5.02 Å². The van der Waals surface area contributed by atoms with Crippen molar-refractivity contribution in [2.75, 3.05) is 23.3 Å². The Morgan fingerprint density at radius 3 is 2.89 bits per heavy atom. The van der Waals surface area contributed by atoms with Gasteiger partial charge in [0.15, 0.2) is 5.82 Å². The standard InChI is InChI=1S/C13H17ClN4S/c1-3-15-13-16-8-11(14)12(17-13)18(4-2)9-10-6-5-7-19-10/h5-8H,3-4,9H2,1-2H3,(H,15,16,17). The zero-order chi connectivity index (χ0) is 13.7. The van der Waals surface area contributed by atoms with E-state index in [2.05, 4.69) is 44.6 Å². The normalized spacial score (nSPS) is 10.5. The zero-order valence-corrected chi connectivity index (χ0v) is 12.6. The molecule has 0 bridgehead atoms. The summed E-state index contributed by atoms with van der Waals surface area (Å²) in [6, 6.07) is 4.17. The van der Waals surface area contributed by atoms with Crippen LogP contribution < -0.4 is 10.2 Å². The lowest BCUT2D eigenvalue weighted by Crippen LogP contribution is -2.23. The molecule has 0 radical (unpaired) electrons. The van der Waals surface area contributed by atoms with Crippen LogP contribution in [0, 0.1) is 0 Å². The average Bonchev–Trinajstić information content (AvgIpc) is 2.92. The lowest BCUT2D eigenvalue weighted by atomic mass is 10.4. The third-order valence-electron chi connectivity index (χ3n) is 2.67. The first-order valence-corrected chi connectivity index (χ1v) is 7.54. The molecule has 2 rings (SSSR count). The van der Waals surface area contributed by atoms with Crippen molar-refractivity contribution >= 4 is 34.7 Å². The highest BCUT2D eigenvalue weighted by Gasteiger charge is 2.13. The number of nitrogens with zero attached hydrogens (tertiary/aromatic N) is 3. The van der Waals surface area contributed by atoms with Gasteiger partial charge in [-0.1, -0.05) is 17.7 Å². The topological polar surface area (TPSA) is 41.1 Å². The van der Waals surface area contributed by atoms with Crippen LogP contribution >= 0.6 is 22.9 Å². The number of aromatic nitrogens is 2. The number of rotatable bonds is 6. The molecule has 0 atom stereocenters. The number of hydrogen-bond donors (Lipinski definition) is 1. The van der Waals surface area contributed by atoms with E-state index in [0.717, 1.165) is 25.5 Å². The molecule has 19 heavy (non-hydrogen) atoms. The van der Waals surface area contributed by atoms with Gasteiger partial charge in [-0.2, -0.15) is 4.98 Å². The number of nitrogens with one attached hydrogen (secondary N) is 1. The van der Waals surface area contributed by atoms with Crippen molar-refractivity contribution in [3.63, 3.8) is 0 Å². The van der Waals surface area contributed by atoms with Crippen LogP contribution in [-0.4, -0.2) is 23.1 Å². The Morgan fingerprint density at radius 1 is 1.42 bits per heavy atom. The number of thiophene rings is 1. The van der Waals surface area contributed by atoms with Crippen LogP contribution in [0.2, 0.25) is 5.02 Å². The molecule has 2 aromatic rings. The van der Waals surface area contributed by atoms with Gasteiger partial charge in [-0.05, 0) is 25.3 Å². The molecule has 0 aliphatic carbocycles. The Hall–Kier alpha value is -1.33. The van der Waals surface area contributed by atoms with Crippen molar-refractivity contribution in [2.45, 2.75) is 20.4 Å². The SMILES string of the molecule is CCNc1ncc(Cl)c(N(CC)Cc2cccs2)n1. The Kier molecular flexibility index (Phi) is 4.99. The molecule has 6 heteroatoms. The van der Waals surface area contributed by atoms with Crippen molar-refractivity contribution in [3.05, 3.63) is 33.6 Å². The highest BCUT2D eigenvalue weighted by molar-refractivity contribution is 7.09. The zero-order valence-electron chi connectivity index (χ0n) is 11.1. The fourth-order valence-corrected chi connectivity index (χ4v) is 2.68. The fraction of sp³-hybridized carbons (Fsp3) is 0.385. The molecular formula is C13H17ClN4S. The maximum atomic E-state index is 6.22. The molecule has 2 heterocycles. The molecule has 4 nitrogen and oxygen atoms in total. The van der Waals surface area contributed by atoms with E-state index in [1.54, 1.807) is 17.5 Å². The summed E-state index contributed by atoms with van der Waals surface area (Å²) in [5.74, 6) is 1.40. The van der Waals surface area contributed by atoms with E-state index in [0.29, 0.717) is 11.0 Å². The van der Waals surface area contributed by atoms with E-state index in [9.17, 15) is 0 Å². The highest BCUT2D eigenvalue weighted by Crippen LogP contribution is 2.26. The van der Waals surface area contributed by atoms with E-state index in [-0.39, 0.29) is 0 Å². The molecule has 0 aliphatic rings. The molecule has 0 spiro atoms. The van der Waals surface area contributed by atoms with Crippen LogP contribution in [0.3, 0.4) is 0 Å². The molecule has 102 valence electrons. The largest absolute Gasteiger partial charge is 0.354 e. The molecule has 0 aromatic carbocycles. The van der Waals surface area contributed by atoms with Crippen molar-refractivity contribution in [3.8, 4) is 0 Å². The summed E-state index contributed by atoms with van der Waals surface area (Å²) in [7, 11) is 0. The second kappa shape index (κ2) is 6.73. The van der Waals surface area contributed by atoms with Gasteiger partial charge in [-0.3, -0.25) is 0 Å². The van der Waals surface area contributed by atoms with E-state index in [1.807, 2.05) is 6.92 Å². The maximum Gasteiger partial charge on any atom is 0.224 e. The summed E-state index contributed by atoms with van der Waals surface area (Å²) in [6.45, 7) is 6.56. The fourth-order valence-electron chi connectivity index (χ4n) is 1.75. The van der Waals surface area contributed by atoms with Gasteiger partial charge in [-0.15, -0.1) is 11.3 Å². The van der Waals surface area contributed by atoms with E-state index >= 15 is 0 Å². The summed E-state index contributed by atoms with van der Waals surface area (Å²) in [5, 5.41) is 5.77. The summed E-state index contributed by atoms with van der Waals surface area (Å²) in [4.78, 5) is 12.1. The Balaban J connectivity index is 2.23. The molecule has 0 fully saturated rings. The molecule has 0 saturated carbocycles. The van der Waals surface area contributed by atoms with Crippen LogP contribution in [0.25, 0.3) is 0 Å². The summed E-state index contributed by atoms with van der Waals surface area (Å²) in [5.41, 5.74) is 0. The van der Waals surface area contributed by atoms with Crippen molar-refractivity contribution in [2.24, 2.45) is 0 Å². The summed E-state index contributed by atoms with van der Waals surface area (Å²) in [6.07, 6.45) is 1.65. The third kappa shape index (κ3) is 3.58. The van der Waals surface area contributed by atoms with Gasteiger partial charge < -0.3 is 10.2 Å². The van der Waals surface area contributed by atoms with Crippen molar-refractivity contribution in [1.82, 2.24) is 9.97 Å². The lowest BCUT2D eigenvalue weighted by molar-refractivity contribution is 0.819. The Bertz CT molecular complexity index is 515. The predicted molar refractivity (Wildman–Crippen MR) is 82.2 cm³/mol. The van der Waals surface area contributed by atoms with E-state index in [1.165, 1.54) is 4.88 Å². The van der Waals surface area contributed by atoms with Crippen LogP contribution in [0.15, 0.2) is 23.7 Å². The van der Waals surface area contributed by atoms with Crippen LogP contribution in [0.1, 0.15) is 18.7 Å². The van der Waals surface area contributed by atoms with Crippen LogP contribution in [-0.2, 0) is 6.54 Å². The summed E-state index contributed by atoms with van der Waals surface area (Å²) >= 11 is 7.96. The smallest absolute Gasteiger partial charge is 0.224 e. The number of hydrogen-bond acceptors (Lipinski definition) is 5. The van der Waals surface area contributed by atoms with Gasteiger partial charge in [-0.25, -0.2) is 4.98 Å². The minimum atomic E-state index is 0.583. The molecular weight excluding hydrogens is 280 g/mol. The predicted octanol–water partition coefficient (Wildman–Crippen LogP) is 3.65. The molecule has 0 amide bonds. The van der Waals surface area contributed by atoms with Gasteiger partial charge >= 0.3 is 0 Å². The van der Waals surface area contributed by atoms with Gasteiger partial charge in [0.2, 0.25) is 5.95 Å². The van der Waals surface area contributed by atoms with Gasteiger partial charge in [0.25, 0.3) is 0 Å². The number of anilines is 2. The molecule has 2 aromatic heterocycles. The quantitative estimate of drug-likeness (QED) is 0.883. The van der Waals surface area contributed by atoms with Crippen LogP contribution in [0.5, 0.6) is 0 Å². The Morgan fingerprint density at radius 2 is 2.26 bits per heavy atom. The van der Waals surface area contributed by atoms with Crippen molar-refractivity contribution in [1.29, 1.82) is 0 Å². The minimum absolute atomic E-state index is 0.583. The minimum Gasteiger partial charge on any atom is -0.354 e.